The minimum atomic E-state index is -0.588. The van der Waals surface area contributed by atoms with Gasteiger partial charge in [0.1, 0.15) is 10.6 Å². The van der Waals surface area contributed by atoms with Crippen LogP contribution >= 0.6 is 11.3 Å². The average Bonchev–Trinajstić information content (AvgIpc) is 2.93. The molecule has 2 rings (SSSR count). The first-order valence-corrected chi connectivity index (χ1v) is 7.89. The number of ether oxygens (including phenoxy) is 1. The Bertz CT molecular complexity index is 667. The SMILES string of the molecule is CCOC(=O)c1c(-c2ccccc2)csc1N(CC)C(N)=O. The summed E-state index contributed by atoms with van der Waals surface area (Å²) in [6.45, 7) is 4.21. The second kappa shape index (κ2) is 7.09. The molecule has 2 aromatic rings. The van der Waals surface area contributed by atoms with Crippen molar-refractivity contribution in [2.45, 2.75) is 13.8 Å². The van der Waals surface area contributed by atoms with E-state index >= 15 is 0 Å². The molecule has 0 aliphatic heterocycles. The van der Waals surface area contributed by atoms with Gasteiger partial charge in [0.25, 0.3) is 0 Å². The largest absolute Gasteiger partial charge is 0.462 e. The van der Waals surface area contributed by atoms with E-state index in [1.165, 1.54) is 16.2 Å². The lowest BCUT2D eigenvalue weighted by molar-refractivity contribution is 0.0528. The number of anilines is 1. The maximum absolute atomic E-state index is 12.4. The first kappa shape index (κ1) is 16.0. The highest BCUT2D eigenvalue weighted by atomic mass is 32.1. The van der Waals surface area contributed by atoms with Gasteiger partial charge in [-0.1, -0.05) is 30.3 Å². The highest BCUT2D eigenvalue weighted by Gasteiger charge is 2.26. The van der Waals surface area contributed by atoms with Crippen molar-refractivity contribution in [3.63, 3.8) is 0 Å². The molecule has 0 aliphatic carbocycles. The molecule has 0 saturated heterocycles. The number of benzene rings is 1. The van der Waals surface area contributed by atoms with E-state index in [-0.39, 0.29) is 6.61 Å². The van der Waals surface area contributed by atoms with Crippen LogP contribution in [0.5, 0.6) is 0 Å². The lowest BCUT2D eigenvalue weighted by atomic mass is 10.0. The predicted molar refractivity (Wildman–Crippen MR) is 88.3 cm³/mol. The number of esters is 1. The van der Waals surface area contributed by atoms with Crippen LogP contribution in [0, 0.1) is 0 Å². The fourth-order valence-corrected chi connectivity index (χ4v) is 3.32. The molecule has 116 valence electrons. The molecule has 0 fully saturated rings. The number of nitrogens with two attached hydrogens (primary N) is 1. The number of thiophene rings is 1. The van der Waals surface area contributed by atoms with Crippen molar-refractivity contribution in [3.8, 4) is 11.1 Å². The van der Waals surface area contributed by atoms with Crippen LogP contribution in [-0.2, 0) is 4.74 Å². The molecule has 0 saturated carbocycles. The Kier molecular flexibility index (Phi) is 5.16. The number of nitrogens with zero attached hydrogens (tertiary/aromatic N) is 1. The van der Waals surface area contributed by atoms with Crippen LogP contribution in [0.1, 0.15) is 24.2 Å². The summed E-state index contributed by atoms with van der Waals surface area (Å²) in [7, 11) is 0. The number of hydrogen-bond donors (Lipinski definition) is 1. The second-order valence-corrected chi connectivity index (χ2v) is 5.36. The molecule has 22 heavy (non-hydrogen) atoms. The zero-order valence-corrected chi connectivity index (χ0v) is 13.4. The molecule has 1 heterocycles. The van der Waals surface area contributed by atoms with Gasteiger partial charge in [0.05, 0.1) is 6.61 Å². The Labute approximate surface area is 133 Å². The van der Waals surface area contributed by atoms with Crippen molar-refractivity contribution in [1.29, 1.82) is 0 Å². The summed E-state index contributed by atoms with van der Waals surface area (Å²) in [4.78, 5) is 25.4. The monoisotopic (exact) mass is 318 g/mol. The lowest BCUT2D eigenvalue weighted by Gasteiger charge is -2.18. The van der Waals surface area contributed by atoms with Crippen LogP contribution in [0.25, 0.3) is 11.1 Å². The van der Waals surface area contributed by atoms with E-state index in [9.17, 15) is 9.59 Å². The number of amides is 2. The van der Waals surface area contributed by atoms with Gasteiger partial charge < -0.3 is 10.5 Å². The van der Waals surface area contributed by atoms with Crippen molar-refractivity contribution < 1.29 is 14.3 Å². The first-order valence-electron chi connectivity index (χ1n) is 7.01. The normalized spacial score (nSPS) is 10.3. The van der Waals surface area contributed by atoms with E-state index in [0.717, 1.165) is 11.1 Å². The predicted octanol–water partition coefficient (Wildman–Crippen LogP) is 3.50. The number of carbonyl (C=O) groups excluding carboxylic acids is 2. The molecule has 2 amide bonds. The molecule has 1 aromatic heterocycles. The molecule has 0 atom stereocenters. The Morgan fingerprint density at radius 3 is 2.45 bits per heavy atom. The van der Waals surface area contributed by atoms with Gasteiger partial charge in [-0.3, -0.25) is 4.90 Å². The minimum Gasteiger partial charge on any atom is -0.462 e. The lowest BCUT2D eigenvalue weighted by Crippen LogP contribution is -2.35. The third kappa shape index (κ3) is 3.12. The highest BCUT2D eigenvalue weighted by molar-refractivity contribution is 7.15. The topological polar surface area (TPSA) is 72.6 Å². The average molecular weight is 318 g/mol. The Balaban J connectivity index is 2.58. The van der Waals surface area contributed by atoms with Crippen LogP contribution in [0.4, 0.5) is 9.80 Å². The Morgan fingerprint density at radius 2 is 1.91 bits per heavy atom. The first-order chi connectivity index (χ1) is 10.6. The van der Waals surface area contributed by atoms with Crippen LogP contribution in [-0.4, -0.2) is 25.2 Å². The Morgan fingerprint density at radius 1 is 1.23 bits per heavy atom. The molecule has 2 N–H and O–H groups in total. The zero-order valence-electron chi connectivity index (χ0n) is 12.5. The van der Waals surface area contributed by atoms with Crippen molar-refractivity contribution >= 4 is 28.3 Å². The third-order valence-electron chi connectivity index (χ3n) is 3.16. The fourth-order valence-electron chi connectivity index (χ4n) is 2.18. The molecule has 0 unspecified atom stereocenters. The second-order valence-electron chi connectivity index (χ2n) is 4.50. The maximum Gasteiger partial charge on any atom is 0.341 e. The molecule has 0 aliphatic rings. The summed E-state index contributed by atoms with van der Waals surface area (Å²) in [6.07, 6.45) is 0. The smallest absolute Gasteiger partial charge is 0.341 e. The summed E-state index contributed by atoms with van der Waals surface area (Å²) >= 11 is 1.31. The number of rotatable bonds is 5. The molecule has 5 nitrogen and oxygen atoms in total. The van der Waals surface area contributed by atoms with Gasteiger partial charge >= 0.3 is 12.0 Å². The molecule has 0 bridgehead atoms. The summed E-state index contributed by atoms with van der Waals surface area (Å²) in [5.41, 5.74) is 7.45. The number of urea groups is 1. The number of primary amides is 1. The summed E-state index contributed by atoms with van der Waals surface area (Å²) < 4.78 is 5.15. The Hall–Kier alpha value is -2.34. The molecule has 0 radical (unpaired) electrons. The van der Waals surface area contributed by atoms with Gasteiger partial charge in [0.2, 0.25) is 0 Å². The van der Waals surface area contributed by atoms with Crippen LogP contribution in [0.2, 0.25) is 0 Å². The van der Waals surface area contributed by atoms with E-state index in [2.05, 4.69) is 0 Å². The van der Waals surface area contributed by atoms with E-state index in [1.54, 1.807) is 6.92 Å². The number of carbonyl (C=O) groups is 2. The van der Waals surface area contributed by atoms with Crippen molar-refractivity contribution in [3.05, 3.63) is 41.3 Å². The van der Waals surface area contributed by atoms with E-state index < -0.39 is 12.0 Å². The van der Waals surface area contributed by atoms with Crippen molar-refractivity contribution in [2.75, 3.05) is 18.1 Å². The molecule has 1 aromatic carbocycles. The van der Waals surface area contributed by atoms with E-state index in [4.69, 9.17) is 10.5 Å². The van der Waals surface area contributed by atoms with Gasteiger partial charge in [-0.25, -0.2) is 9.59 Å². The quantitative estimate of drug-likeness (QED) is 0.858. The zero-order chi connectivity index (χ0) is 16.1. The van der Waals surface area contributed by atoms with Gasteiger partial charge in [-0.15, -0.1) is 11.3 Å². The van der Waals surface area contributed by atoms with Gasteiger partial charge in [-0.2, -0.15) is 0 Å². The molecule has 0 spiro atoms. The van der Waals surface area contributed by atoms with Gasteiger partial charge in [0.15, 0.2) is 0 Å². The van der Waals surface area contributed by atoms with Gasteiger partial charge in [0, 0.05) is 17.5 Å². The number of hydrogen-bond acceptors (Lipinski definition) is 4. The van der Waals surface area contributed by atoms with Crippen LogP contribution in [0.3, 0.4) is 0 Å². The third-order valence-corrected chi connectivity index (χ3v) is 4.16. The van der Waals surface area contributed by atoms with Crippen LogP contribution in [0.15, 0.2) is 35.7 Å². The van der Waals surface area contributed by atoms with E-state index in [1.807, 2.05) is 42.6 Å². The fraction of sp³-hybridized carbons (Fsp3) is 0.250. The maximum atomic E-state index is 12.4. The molecular weight excluding hydrogens is 300 g/mol. The molecular formula is C16H18N2O3S. The highest BCUT2D eigenvalue weighted by Crippen LogP contribution is 2.38. The summed E-state index contributed by atoms with van der Waals surface area (Å²) in [6, 6.07) is 8.93. The summed E-state index contributed by atoms with van der Waals surface area (Å²) in [5, 5.41) is 2.37. The minimum absolute atomic E-state index is 0.269. The standard InChI is InChI=1S/C16H18N2O3S/c1-3-18(16(17)20)14-13(15(19)21-4-2)12(10-22-14)11-8-6-5-7-9-11/h5-10H,3-4H2,1-2H3,(H2,17,20). The summed E-state index contributed by atoms with van der Waals surface area (Å²) in [5.74, 6) is -0.447. The van der Waals surface area contributed by atoms with Gasteiger partial charge in [-0.05, 0) is 19.4 Å². The van der Waals surface area contributed by atoms with Crippen molar-refractivity contribution in [2.24, 2.45) is 5.73 Å². The van der Waals surface area contributed by atoms with E-state index in [0.29, 0.717) is 17.1 Å². The van der Waals surface area contributed by atoms with Crippen LogP contribution < -0.4 is 10.6 Å². The van der Waals surface area contributed by atoms with Crippen molar-refractivity contribution in [1.82, 2.24) is 0 Å². The molecule has 6 heteroatoms.